The van der Waals surface area contributed by atoms with Gasteiger partial charge in [0.05, 0.1) is 6.54 Å². The van der Waals surface area contributed by atoms with Crippen LogP contribution in [-0.2, 0) is 15.0 Å². The molecule has 1 saturated heterocycles. The molecule has 0 atom stereocenters. The SMILES string of the molecule is CCN1CCN(C(=O)CNS(=O)(=O)N(C)C)CC1. The number of piperazine rings is 1. The summed E-state index contributed by atoms with van der Waals surface area (Å²) >= 11 is 0. The fourth-order valence-corrected chi connectivity index (χ4v) is 2.27. The number of nitrogens with zero attached hydrogens (tertiary/aromatic N) is 3. The van der Waals surface area contributed by atoms with Gasteiger partial charge < -0.3 is 9.80 Å². The third-order valence-corrected chi connectivity index (χ3v) is 4.53. The highest BCUT2D eigenvalue weighted by molar-refractivity contribution is 7.87. The average Bonchev–Trinajstić information content (AvgIpc) is 2.36. The number of amides is 1. The second kappa shape index (κ2) is 6.46. The molecule has 0 spiro atoms. The van der Waals surface area contributed by atoms with Crippen molar-refractivity contribution in [1.29, 1.82) is 0 Å². The van der Waals surface area contributed by atoms with Gasteiger partial charge in [0.25, 0.3) is 10.2 Å². The minimum atomic E-state index is -3.52. The molecular weight excluding hydrogens is 256 g/mol. The Morgan fingerprint density at radius 1 is 1.22 bits per heavy atom. The van der Waals surface area contributed by atoms with Gasteiger partial charge >= 0.3 is 0 Å². The maximum Gasteiger partial charge on any atom is 0.279 e. The zero-order valence-corrected chi connectivity index (χ0v) is 12.0. The maximum absolute atomic E-state index is 11.8. The van der Waals surface area contributed by atoms with E-state index in [1.165, 1.54) is 14.1 Å². The number of carbonyl (C=O) groups is 1. The molecule has 0 unspecified atom stereocenters. The fourth-order valence-electron chi connectivity index (χ4n) is 1.71. The van der Waals surface area contributed by atoms with Crippen molar-refractivity contribution in [3.63, 3.8) is 0 Å². The van der Waals surface area contributed by atoms with Crippen LogP contribution in [0.5, 0.6) is 0 Å². The van der Waals surface area contributed by atoms with Crippen molar-refractivity contribution in [3.05, 3.63) is 0 Å². The van der Waals surface area contributed by atoms with Gasteiger partial charge in [-0.1, -0.05) is 6.92 Å². The summed E-state index contributed by atoms with van der Waals surface area (Å²) in [7, 11) is -0.675. The third kappa shape index (κ3) is 4.20. The Balaban J connectivity index is 2.39. The Morgan fingerprint density at radius 2 is 1.78 bits per heavy atom. The molecule has 1 fully saturated rings. The lowest BCUT2D eigenvalue weighted by atomic mass is 10.3. The van der Waals surface area contributed by atoms with Crippen molar-refractivity contribution in [3.8, 4) is 0 Å². The third-order valence-electron chi connectivity index (χ3n) is 3.06. The quantitative estimate of drug-likeness (QED) is 0.667. The highest BCUT2D eigenvalue weighted by Crippen LogP contribution is 2.01. The van der Waals surface area contributed by atoms with E-state index >= 15 is 0 Å². The zero-order valence-electron chi connectivity index (χ0n) is 11.2. The van der Waals surface area contributed by atoms with Gasteiger partial charge in [0.1, 0.15) is 0 Å². The first kappa shape index (κ1) is 15.4. The molecule has 1 rings (SSSR count). The number of rotatable bonds is 5. The molecule has 18 heavy (non-hydrogen) atoms. The fraction of sp³-hybridized carbons (Fsp3) is 0.900. The molecule has 0 aromatic heterocycles. The first-order valence-corrected chi connectivity index (χ1v) is 7.48. The number of hydrogen-bond acceptors (Lipinski definition) is 4. The van der Waals surface area contributed by atoms with E-state index in [1.807, 2.05) is 0 Å². The van der Waals surface area contributed by atoms with Crippen molar-refractivity contribution in [1.82, 2.24) is 18.8 Å². The molecule has 0 aromatic carbocycles. The van der Waals surface area contributed by atoms with Gasteiger partial charge in [-0.05, 0) is 6.54 Å². The number of hydrogen-bond donors (Lipinski definition) is 1. The molecule has 1 N–H and O–H groups in total. The van der Waals surface area contributed by atoms with E-state index < -0.39 is 10.2 Å². The van der Waals surface area contributed by atoms with Crippen LogP contribution in [0, 0.1) is 0 Å². The van der Waals surface area contributed by atoms with E-state index in [9.17, 15) is 13.2 Å². The summed E-state index contributed by atoms with van der Waals surface area (Å²) < 4.78 is 26.2. The van der Waals surface area contributed by atoms with Crippen LogP contribution < -0.4 is 4.72 Å². The molecule has 0 aliphatic carbocycles. The second-order valence-corrected chi connectivity index (χ2v) is 6.39. The van der Waals surface area contributed by atoms with Crippen LogP contribution in [0.3, 0.4) is 0 Å². The van der Waals surface area contributed by atoms with Gasteiger partial charge in [-0.2, -0.15) is 17.4 Å². The van der Waals surface area contributed by atoms with Gasteiger partial charge in [-0.15, -0.1) is 0 Å². The summed E-state index contributed by atoms with van der Waals surface area (Å²) in [6, 6.07) is 0. The second-order valence-electron chi connectivity index (χ2n) is 4.42. The average molecular weight is 278 g/mol. The number of likely N-dealkylation sites (N-methyl/N-ethyl adjacent to an activating group) is 1. The molecule has 0 bridgehead atoms. The lowest BCUT2D eigenvalue weighted by Crippen LogP contribution is -2.51. The highest BCUT2D eigenvalue weighted by atomic mass is 32.2. The molecule has 1 aliphatic heterocycles. The van der Waals surface area contributed by atoms with Crippen LogP contribution in [0.2, 0.25) is 0 Å². The van der Waals surface area contributed by atoms with Crippen LogP contribution in [0.4, 0.5) is 0 Å². The Morgan fingerprint density at radius 3 is 2.22 bits per heavy atom. The standard InChI is InChI=1S/C10H22N4O3S/c1-4-13-5-7-14(8-6-13)10(15)9-11-18(16,17)12(2)3/h11H,4-9H2,1-3H3. The van der Waals surface area contributed by atoms with Gasteiger partial charge in [-0.3, -0.25) is 4.79 Å². The molecule has 106 valence electrons. The van der Waals surface area contributed by atoms with Crippen molar-refractivity contribution >= 4 is 16.1 Å². The summed E-state index contributed by atoms with van der Waals surface area (Å²) in [5.74, 6) is -0.170. The van der Waals surface area contributed by atoms with Crippen LogP contribution >= 0.6 is 0 Å². The summed E-state index contributed by atoms with van der Waals surface area (Å²) in [5, 5.41) is 0. The zero-order chi connectivity index (χ0) is 13.8. The van der Waals surface area contributed by atoms with E-state index in [0.717, 1.165) is 23.9 Å². The summed E-state index contributed by atoms with van der Waals surface area (Å²) in [5.41, 5.74) is 0. The van der Waals surface area contributed by atoms with Crippen LogP contribution in [0.15, 0.2) is 0 Å². The Kier molecular flexibility index (Phi) is 5.51. The van der Waals surface area contributed by atoms with Crippen LogP contribution in [-0.4, -0.2) is 81.8 Å². The van der Waals surface area contributed by atoms with Crippen molar-refractivity contribution in [2.24, 2.45) is 0 Å². The minimum absolute atomic E-state index is 0.170. The minimum Gasteiger partial charge on any atom is -0.339 e. The van der Waals surface area contributed by atoms with E-state index in [2.05, 4.69) is 16.5 Å². The van der Waals surface area contributed by atoms with Crippen LogP contribution in [0.25, 0.3) is 0 Å². The summed E-state index contributed by atoms with van der Waals surface area (Å²) in [6.45, 7) is 5.92. The summed E-state index contributed by atoms with van der Waals surface area (Å²) in [6.07, 6.45) is 0. The smallest absolute Gasteiger partial charge is 0.279 e. The molecule has 0 aromatic rings. The van der Waals surface area contributed by atoms with Gasteiger partial charge in [0.2, 0.25) is 5.91 Å². The normalized spacial score (nSPS) is 18.3. The molecule has 1 heterocycles. The molecule has 0 saturated carbocycles. The predicted molar refractivity (Wildman–Crippen MR) is 69.3 cm³/mol. The molecule has 7 nitrogen and oxygen atoms in total. The first-order chi connectivity index (χ1) is 8.36. The van der Waals surface area contributed by atoms with Crippen molar-refractivity contribution < 1.29 is 13.2 Å². The van der Waals surface area contributed by atoms with Crippen molar-refractivity contribution in [2.75, 3.05) is 53.4 Å². The van der Waals surface area contributed by atoms with Gasteiger partial charge in [0.15, 0.2) is 0 Å². The highest BCUT2D eigenvalue weighted by Gasteiger charge is 2.22. The number of nitrogens with one attached hydrogen (secondary N) is 1. The monoisotopic (exact) mass is 278 g/mol. The topological polar surface area (TPSA) is 73.0 Å². The van der Waals surface area contributed by atoms with Gasteiger partial charge in [0, 0.05) is 40.3 Å². The van der Waals surface area contributed by atoms with E-state index in [-0.39, 0.29) is 12.5 Å². The van der Waals surface area contributed by atoms with Crippen LogP contribution in [0.1, 0.15) is 6.92 Å². The molecule has 8 heteroatoms. The van der Waals surface area contributed by atoms with Gasteiger partial charge in [-0.25, -0.2) is 0 Å². The molecule has 0 radical (unpaired) electrons. The Labute approximate surface area is 109 Å². The Bertz CT molecular complexity index is 375. The number of carbonyl (C=O) groups excluding carboxylic acids is 1. The lowest BCUT2D eigenvalue weighted by Gasteiger charge is -2.34. The van der Waals surface area contributed by atoms with E-state index in [0.29, 0.717) is 13.1 Å². The van der Waals surface area contributed by atoms with E-state index in [4.69, 9.17) is 0 Å². The first-order valence-electron chi connectivity index (χ1n) is 6.04. The molecule has 1 amide bonds. The predicted octanol–water partition coefficient (Wildman–Crippen LogP) is -1.45. The van der Waals surface area contributed by atoms with Crippen molar-refractivity contribution in [2.45, 2.75) is 6.92 Å². The largest absolute Gasteiger partial charge is 0.339 e. The van der Waals surface area contributed by atoms with E-state index in [1.54, 1.807) is 4.90 Å². The lowest BCUT2D eigenvalue weighted by molar-refractivity contribution is -0.131. The Hall–Kier alpha value is -0.700. The maximum atomic E-state index is 11.8. The molecule has 1 aliphatic rings. The summed E-state index contributed by atoms with van der Waals surface area (Å²) in [4.78, 5) is 15.8. The molecular formula is C10H22N4O3S.